The topological polar surface area (TPSA) is 12.5 Å². The fourth-order valence-electron chi connectivity index (χ4n) is 4.14. The van der Waals surface area contributed by atoms with Crippen molar-refractivity contribution in [3.8, 4) is 11.5 Å². The predicted molar refractivity (Wildman–Crippen MR) is 134 cm³/mol. The van der Waals surface area contributed by atoms with Crippen molar-refractivity contribution in [2.75, 3.05) is 4.90 Å². The maximum Gasteiger partial charge on any atom is 0.159 e. The van der Waals surface area contributed by atoms with Crippen molar-refractivity contribution in [3.63, 3.8) is 0 Å². The largest absolute Gasteiger partial charge is 0.453 e. The summed E-state index contributed by atoms with van der Waals surface area (Å²) in [6.07, 6.45) is 0. The van der Waals surface area contributed by atoms with Crippen LogP contribution in [0.4, 0.5) is 17.1 Å². The average molecular weight is 452 g/mol. The van der Waals surface area contributed by atoms with Crippen LogP contribution in [0.1, 0.15) is 0 Å². The fourth-order valence-corrected chi connectivity index (χ4v) is 5.49. The van der Waals surface area contributed by atoms with Crippen molar-refractivity contribution < 1.29 is 4.74 Å². The number of benzene rings is 5. The summed E-state index contributed by atoms with van der Waals surface area (Å²) < 4.78 is 6.28. The molecule has 0 saturated heterocycles. The summed E-state index contributed by atoms with van der Waals surface area (Å²) in [5, 5.41) is 3.03. The second kappa shape index (κ2) is 7.94. The fraction of sp³-hybridized carbons (Fsp3) is 0. The molecule has 0 fully saturated rings. The van der Waals surface area contributed by atoms with E-state index in [1.165, 1.54) is 10.8 Å². The highest BCUT2D eigenvalue weighted by Crippen LogP contribution is 2.55. The Bertz CT molecular complexity index is 1450. The molecule has 0 aliphatic carbocycles. The van der Waals surface area contributed by atoms with Gasteiger partial charge in [0, 0.05) is 11.1 Å². The second-order valence-electron chi connectivity index (χ2n) is 7.54. The van der Waals surface area contributed by atoms with E-state index in [0.717, 1.165) is 38.4 Å². The van der Waals surface area contributed by atoms with Gasteiger partial charge in [-0.1, -0.05) is 90.1 Å². The number of ether oxygens (including phenoxy) is 1. The molecule has 0 saturated carbocycles. The molecule has 0 radical (unpaired) electrons. The van der Waals surface area contributed by atoms with Gasteiger partial charge in [-0.2, -0.15) is 0 Å². The van der Waals surface area contributed by atoms with Gasteiger partial charge >= 0.3 is 0 Å². The Morgan fingerprint density at radius 1 is 0.656 bits per heavy atom. The van der Waals surface area contributed by atoms with Crippen LogP contribution in [0.15, 0.2) is 119 Å². The summed E-state index contributed by atoms with van der Waals surface area (Å²) >= 11 is 8.11. The molecule has 5 aromatic carbocycles. The molecule has 0 aromatic heterocycles. The molecular formula is C28H18ClNOS. The first kappa shape index (κ1) is 19.3. The maximum absolute atomic E-state index is 6.42. The highest BCUT2D eigenvalue weighted by molar-refractivity contribution is 7.99. The van der Waals surface area contributed by atoms with E-state index in [9.17, 15) is 0 Å². The molecule has 5 aromatic rings. The van der Waals surface area contributed by atoms with E-state index in [2.05, 4.69) is 83.8 Å². The van der Waals surface area contributed by atoms with E-state index in [-0.39, 0.29) is 0 Å². The van der Waals surface area contributed by atoms with Gasteiger partial charge in [-0.05, 0) is 47.9 Å². The third kappa shape index (κ3) is 3.22. The molecule has 0 amide bonds. The number of nitrogens with zero attached hydrogens (tertiary/aromatic N) is 1. The highest BCUT2D eigenvalue weighted by Gasteiger charge is 2.26. The quantitative estimate of drug-likeness (QED) is 0.266. The Hall–Kier alpha value is -3.40. The summed E-state index contributed by atoms with van der Waals surface area (Å²) in [4.78, 5) is 4.40. The van der Waals surface area contributed by atoms with Gasteiger partial charge in [0.15, 0.2) is 5.75 Å². The van der Waals surface area contributed by atoms with Crippen molar-refractivity contribution in [1.29, 1.82) is 0 Å². The van der Waals surface area contributed by atoms with Crippen LogP contribution in [0.5, 0.6) is 11.5 Å². The van der Waals surface area contributed by atoms with Crippen LogP contribution < -0.4 is 9.64 Å². The number of hydrogen-bond acceptors (Lipinski definition) is 3. The zero-order chi connectivity index (χ0) is 21.5. The first-order valence-electron chi connectivity index (χ1n) is 10.4. The Kier molecular flexibility index (Phi) is 4.79. The van der Waals surface area contributed by atoms with Crippen LogP contribution in [-0.2, 0) is 0 Å². The summed E-state index contributed by atoms with van der Waals surface area (Å²) in [5.41, 5.74) is 3.29. The number of fused-ring (bicyclic) bond motifs is 3. The third-order valence-corrected chi connectivity index (χ3v) is 7.03. The first-order valence-corrected chi connectivity index (χ1v) is 11.6. The van der Waals surface area contributed by atoms with Crippen LogP contribution in [0.2, 0.25) is 5.02 Å². The van der Waals surface area contributed by atoms with Crippen LogP contribution in [0, 0.1) is 0 Å². The third-order valence-electron chi connectivity index (χ3n) is 5.58. The van der Waals surface area contributed by atoms with Gasteiger partial charge in [-0.3, -0.25) is 0 Å². The number of anilines is 3. The van der Waals surface area contributed by atoms with Crippen LogP contribution >= 0.6 is 23.4 Å². The molecule has 154 valence electrons. The lowest BCUT2D eigenvalue weighted by atomic mass is 10.1. The minimum absolute atomic E-state index is 0.625. The summed E-state index contributed by atoms with van der Waals surface area (Å²) in [5.74, 6) is 1.54. The van der Waals surface area contributed by atoms with Gasteiger partial charge in [0.25, 0.3) is 0 Å². The summed E-state index contributed by atoms with van der Waals surface area (Å²) in [6.45, 7) is 0. The molecule has 6 rings (SSSR count). The van der Waals surface area contributed by atoms with Crippen molar-refractivity contribution in [2.45, 2.75) is 9.79 Å². The van der Waals surface area contributed by atoms with E-state index in [4.69, 9.17) is 16.3 Å². The van der Waals surface area contributed by atoms with Gasteiger partial charge in [0.1, 0.15) is 5.75 Å². The van der Waals surface area contributed by atoms with Gasteiger partial charge in [-0.15, -0.1) is 0 Å². The maximum atomic E-state index is 6.42. The van der Waals surface area contributed by atoms with Crippen LogP contribution in [-0.4, -0.2) is 0 Å². The van der Waals surface area contributed by atoms with E-state index < -0.39 is 0 Å². The first-order chi connectivity index (χ1) is 15.8. The van der Waals surface area contributed by atoms with Crippen molar-refractivity contribution >= 4 is 51.2 Å². The SMILES string of the molecule is Clc1cccc2c1Oc1cccc(N(c3ccccc3)c3cccc4ccccc34)c1S2. The minimum Gasteiger partial charge on any atom is -0.453 e. The highest BCUT2D eigenvalue weighted by atomic mass is 35.5. The van der Waals surface area contributed by atoms with Gasteiger partial charge in [0.2, 0.25) is 0 Å². The summed E-state index contributed by atoms with van der Waals surface area (Å²) in [7, 11) is 0. The number of hydrogen-bond donors (Lipinski definition) is 0. The van der Waals surface area contributed by atoms with E-state index >= 15 is 0 Å². The smallest absolute Gasteiger partial charge is 0.159 e. The molecule has 0 spiro atoms. The zero-order valence-electron chi connectivity index (χ0n) is 17.0. The Balaban J connectivity index is 1.59. The molecule has 0 unspecified atom stereocenters. The van der Waals surface area contributed by atoms with Crippen LogP contribution in [0.25, 0.3) is 10.8 Å². The lowest BCUT2D eigenvalue weighted by Crippen LogP contribution is -2.12. The Morgan fingerprint density at radius 2 is 1.38 bits per heavy atom. The van der Waals surface area contributed by atoms with Gasteiger partial charge in [0.05, 0.1) is 26.2 Å². The molecule has 0 bridgehead atoms. The molecule has 2 nitrogen and oxygen atoms in total. The lowest BCUT2D eigenvalue weighted by Gasteiger charge is -2.31. The van der Waals surface area contributed by atoms with E-state index in [1.807, 2.05) is 30.3 Å². The van der Waals surface area contributed by atoms with Crippen molar-refractivity contribution in [1.82, 2.24) is 0 Å². The van der Waals surface area contributed by atoms with Gasteiger partial charge < -0.3 is 9.64 Å². The zero-order valence-corrected chi connectivity index (χ0v) is 18.6. The lowest BCUT2D eigenvalue weighted by molar-refractivity contribution is 0.455. The normalized spacial score (nSPS) is 12.0. The monoisotopic (exact) mass is 451 g/mol. The second-order valence-corrected chi connectivity index (χ2v) is 9.00. The van der Waals surface area contributed by atoms with Crippen LogP contribution in [0.3, 0.4) is 0 Å². The Morgan fingerprint density at radius 3 is 2.28 bits per heavy atom. The molecule has 1 heterocycles. The van der Waals surface area contributed by atoms with Crippen molar-refractivity contribution in [3.05, 3.63) is 114 Å². The molecular weight excluding hydrogens is 434 g/mol. The average Bonchev–Trinajstić information content (AvgIpc) is 2.85. The van der Waals surface area contributed by atoms with Crippen molar-refractivity contribution in [2.24, 2.45) is 0 Å². The number of rotatable bonds is 3. The molecule has 0 atom stereocenters. The van der Waals surface area contributed by atoms with Gasteiger partial charge in [-0.25, -0.2) is 0 Å². The molecule has 1 aliphatic heterocycles. The van der Waals surface area contributed by atoms with E-state index in [0.29, 0.717) is 5.02 Å². The predicted octanol–water partition coefficient (Wildman–Crippen LogP) is 9.22. The van der Waals surface area contributed by atoms with E-state index in [1.54, 1.807) is 11.8 Å². The molecule has 4 heteroatoms. The Labute approximate surface area is 196 Å². The minimum atomic E-state index is 0.625. The molecule has 1 aliphatic rings. The number of para-hydroxylation sites is 2. The molecule has 32 heavy (non-hydrogen) atoms. The summed E-state index contributed by atoms with van der Waals surface area (Å²) in [6, 6.07) is 37.5. The number of halogens is 1. The standard InChI is InChI=1S/C28H18ClNOS/c29-22-14-7-18-26-27(22)31-25-17-8-16-24(28(25)32-26)30(20-11-2-1-3-12-20)23-15-6-10-19-9-4-5-13-21(19)23/h1-18H. The molecule has 0 N–H and O–H groups in total.